The molecule has 1 atom stereocenters. The van der Waals surface area contributed by atoms with E-state index in [1.165, 1.54) is 12.1 Å². The quantitative estimate of drug-likeness (QED) is 0.492. The van der Waals surface area contributed by atoms with Crippen LogP contribution in [0.15, 0.2) is 66.7 Å². The maximum atomic E-state index is 13.6. The van der Waals surface area contributed by atoms with Gasteiger partial charge in [-0.25, -0.2) is 9.18 Å². The zero-order chi connectivity index (χ0) is 25.3. The average Bonchev–Trinajstić information content (AvgIpc) is 3.12. The van der Waals surface area contributed by atoms with Crippen molar-refractivity contribution in [1.29, 1.82) is 0 Å². The predicted octanol–water partition coefficient (Wildman–Crippen LogP) is 5.11. The second-order valence-electron chi connectivity index (χ2n) is 9.91. The van der Waals surface area contributed by atoms with Crippen molar-refractivity contribution in [2.45, 2.75) is 57.2 Å². The Bertz CT molecular complexity index is 1300. The Morgan fingerprint density at radius 2 is 1.69 bits per heavy atom. The molecule has 0 bridgehead atoms. The standard InChI is InChI=1S/C29H30FN3O3/c1-29(25-13-7-9-21-8-5-6-12-24(21)25)27(35)33(28(36)31-29)19-26(34)32(23-10-3-2-4-11-23)18-20-14-16-22(30)17-15-20/h5-9,12-17,23H,2-4,10-11,18-19H2,1H3,(H,31,36). The Labute approximate surface area is 210 Å². The van der Waals surface area contributed by atoms with Crippen molar-refractivity contribution in [2.75, 3.05) is 6.54 Å². The van der Waals surface area contributed by atoms with Crippen LogP contribution in [0.5, 0.6) is 0 Å². The van der Waals surface area contributed by atoms with Crippen LogP contribution >= 0.6 is 0 Å². The van der Waals surface area contributed by atoms with E-state index in [0.717, 1.165) is 53.3 Å². The smallest absolute Gasteiger partial charge is 0.325 e. The van der Waals surface area contributed by atoms with Crippen molar-refractivity contribution < 1.29 is 18.8 Å². The van der Waals surface area contributed by atoms with Crippen LogP contribution in [-0.4, -0.2) is 40.2 Å². The highest BCUT2D eigenvalue weighted by molar-refractivity contribution is 6.10. The highest BCUT2D eigenvalue weighted by Crippen LogP contribution is 2.34. The first-order valence-corrected chi connectivity index (χ1v) is 12.5. The van der Waals surface area contributed by atoms with Crippen molar-refractivity contribution in [2.24, 2.45) is 0 Å². The number of nitrogens with zero attached hydrogens (tertiary/aromatic N) is 2. The van der Waals surface area contributed by atoms with E-state index in [2.05, 4.69) is 5.32 Å². The number of urea groups is 1. The maximum absolute atomic E-state index is 13.6. The second kappa shape index (κ2) is 9.72. The zero-order valence-electron chi connectivity index (χ0n) is 20.4. The minimum atomic E-state index is -1.27. The summed E-state index contributed by atoms with van der Waals surface area (Å²) in [5.41, 5.74) is 0.239. The molecule has 0 spiro atoms. The summed E-state index contributed by atoms with van der Waals surface area (Å²) in [6.07, 6.45) is 4.94. The number of nitrogens with one attached hydrogen (secondary N) is 1. The van der Waals surface area contributed by atoms with Crippen LogP contribution in [-0.2, 0) is 21.7 Å². The first-order chi connectivity index (χ1) is 17.4. The van der Waals surface area contributed by atoms with Crippen LogP contribution in [0.1, 0.15) is 50.2 Å². The van der Waals surface area contributed by atoms with E-state index in [1.807, 2.05) is 42.5 Å². The Balaban J connectivity index is 1.40. The van der Waals surface area contributed by atoms with E-state index in [4.69, 9.17) is 0 Å². The first kappa shape index (κ1) is 24.0. The number of hydrogen-bond donors (Lipinski definition) is 1. The van der Waals surface area contributed by atoms with Gasteiger partial charge in [0.15, 0.2) is 0 Å². The highest BCUT2D eigenvalue weighted by Gasteiger charge is 2.50. The molecule has 1 aliphatic carbocycles. The lowest BCUT2D eigenvalue weighted by Crippen LogP contribution is -2.48. The molecule has 7 heteroatoms. The summed E-state index contributed by atoms with van der Waals surface area (Å²) in [5, 5.41) is 4.69. The minimum absolute atomic E-state index is 0.0292. The third-order valence-corrected chi connectivity index (χ3v) is 7.50. The molecule has 1 aliphatic heterocycles. The molecule has 6 nitrogen and oxygen atoms in total. The molecular formula is C29H30FN3O3. The van der Waals surface area contributed by atoms with Crippen molar-refractivity contribution in [3.8, 4) is 0 Å². The van der Waals surface area contributed by atoms with E-state index in [9.17, 15) is 18.8 Å². The fourth-order valence-electron chi connectivity index (χ4n) is 5.51. The molecule has 1 unspecified atom stereocenters. The molecule has 5 rings (SSSR count). The molecule has 1 N–H and O–H groups in total. The number of carbonyl (C=O) groups excluding carboxylic acids is 3. The van der Waals surface area contributed by atoms with E-state index in [1.54, 1.807) is 24.0 Å². The first-order valence-electron chi connectivity index (χ1n) is 12.5. The van der Waals surface area contributed by atoms with Gasteiger partial charge < -0.3 is 10.2 Å². The lowest BCUT2D eigenvalue weighted by Gasteiger charge is -2.35. The maximum Gasteiger partial charge on any atom is 0.325 e. The predicted molar refractivity (Wildman–Crippen MR) is 135 cm³/mol. The van der Waals surface area contributed by atoms with Gasteiger partial charge in [0.2, 0.25) is 5.91 Å². The Morgan fingerprint density at radius 3 is 2.44 bits per heavy atom. The summed E-state index contributed by atoms with van der Waals surface area (Å²) in [6, 6.07) is 18.9. The van der Waals surface area contributed by atoms with Crippen LogP contribution < -0.4 is 5.32 Å². The number of halogens is 1. The van der Waals surface area contributed by atoms with E-state index >= 15 is 0 Å². The lowest BCUT2D eigenvalue weighted by molar-refractivity contribution is -0.141. The van der Waals surface area contributed by atoms with Gasteiger partial charge >= 0.3 is 6.03 Å². The largest absolute Gasteiger partial charge is 0.334 e. The number of amides is 4. The third-order valence-electron chi connectivity index (χ3n) is 7.50. The SMILES string of the molecule is CC1(c2cccc3ccccc23)NC(=O)N(CC(=O)N(Cc2ccc(F)cc2)C2CCCCC2)C1=O. The fraction of sp³-hybridized carbons (Fsp3) is 0.345. The molecular weight excluding hydrogens is 457 g/mol. The minimum Gasteiger partial charge on any atom is -0.334 e. The van der Waals surface area contributed by atoms with Gasteiger partial charge in [-0.1, -0.05) is 73.9 Å². The second-order valence-corrected chi connectivity index (χ2v) is 9.91. The summed E-state index contributed by atoms with van der Waals surface area (Å²) >= 11 is 0. The van der Waals surface area contributed by atoms with Gasteiger partial charge in [0, 0.05) is 12.6 Å². The normalized spacial score (nSPS) is 20.6. The van der Waals surface area contributed by atoms with Gasteiger partial charge in [-0.2, -0.15) is 0 Å². The van der Waals surface area contributed by atoms with Gasteiger partial charge in [0.25, 0.3) is 5.91 Å². The number of benzene rings is 3. The number of carbonyl (C=O) groups is 3. The zero-order valence-corrected chi connectivity index (χ0v) is 20.4. The van der Waals surface area contributed by atoms with Crippen molar-refractivity contribution in [3.63, 3.8) is 0 Å². The molecule has 1 saturated carbocycles. The van der Waals surface area contributed by atoms with Crippen LogP contribution in [0.4, 0.5) is 9.18 Å². The number of rotatable bonds is 6. The lowest BCUT2D eigenvalue weighted by atomic mass is 9.88. The monoisotopic (exact) mass is 487 g/mol. The van der Waals surface area contributed by atoms with Crippen LogP contribution in [0.25, 0.3) is 10.8 Å². The molecule has 0 radical (unpaired) electrons. The molecule has 186 valence electrons. The summed E-state index contributed by atoms with van der Waals surface area (Å²) in [5.74, 6) is -1.05. The van der Waals surface area contributed by atoms with E-state index in [0.29, 0.717) is 12.1 Å². The Kier molecular flexibility index (Phi) is 6.48. The van der Waals surface area contributed by atoms with E-state index in [-0.39, 0.29) is 24.3 Å². The van der Waals surface area contributed by atoms with Gasteiger partial charge in [-0.3, -0.25) is 14.5 Å². The molecule has 3 aromatic rings. The van der Waals surface area contributed by atoms with E-state index < -0.39 is 17.5 Å². The van der Waals surface area contributed by atoms with Gasteiger partial charge in [-0.05, 0) is 53.8 Å². The molecule has 36 heavy (non-hydrogen) atoms. The Morgan fingerprint density at radius 1 is 1.00 bits per heavy atom. The Hall–Kier alpha value is -3.74. The van der Waals surface area contributed by atoms with Crippen molar-refractivity contribution in [1.82, 2.24) is 15.1 Å². The van der Waals surface area contributed by atoms with Gasteiger partial charge in [0.05, 0.1) is 0 Å². The molecule has 0 aromatic heterocycles. The molecule has 1 saturated heterocycles. The number of imide groups is 1. The number of hydrogen-bond acceptors (Lipinski definition) is 3. The molecule has 2 aliphatic rings. The molecule has 4 amide bonds. The molecule has 1 heterocycles. The van der Waals surface area contributed by atoms with Gasteiger partial charge in [-0.15, -0.1) is 0 Å². The van der Waals surface area contributed by atoms with Crippen LogP contribution in [0.2, 0.25) is 0 Å². The molecule has 3 aromatic carbocycles. The molecule has 2 fully saturated rings. The topological polar surface area (TPSA) is 69.7 Å². The van der Waals surface area contributed by atoms with Gasteiger partial charge in [0.1, 0.15) is 17.9 Å². The average molecular weight is 488 g/mol. The third kappa shape index (κ3) is 4.45. The fourth-order valence-corrected chi connectivity index (χ4v) is 5.51. The summed E-state index contributed by atoms with van der Waals surface area (Å²) < 4.78 is 13.4. The van der Waals surface area contributed by atoms with Crippen LogP contribution in [0.3, 0.4) is 0 Å². The number of fused-ring (bicyclic) bond motifs is 1. The van der Waals surface area contributed by atoms with Crippen LogP contribution in [0, 0.1) is 5.82 Å². The van der Waals surface area contributed by atoms with Crippen molar-refractivity contribution >= 4 is 28.6 Å². The summed E-state index contributed by atoms with van der Waals surface area (Å²) in [6.45, 7) is 1.67. The van der Waals surface area contributed by atoms with Crippen molar-refractivity contribution in [3.05, 3.63) is 83.7 Å². The summed E-state index contributed by atoms with van der Waals surface area (Å²) in [4.78, 5) is 43.1. The summed E-state index contributed by atoms with van der Waals surface area (Å²) in [7, 11) is 0. The highest BCUT2D eigenvalue weighted by atomic mass is 19.1.